The lowest BCUT2D eigenvalue weighted by atomic mass is 10.1. The molecule has 4 rings (SSSR count). The van der Waals surface area contributed by atoms with Gasteiger partial charge in [-0.3, -0.25) is 14.9 Å². The Morgan fingerprint density at radius 3 is 2.56 bits per heavy atom. The summed E-state index contributed by atoms with van der Waals surface area (Å²) in [5.41, 5.74) is 2.45. The van der Waals surface area contributed by atoms with Crippen molar-refractivity contribution in [1.29, 1.82) is 0 Å². The van der Waals surface area contributed by atoms with E-state index >= 15 is 0 Å². The number of carbonyl (C=O) groups excluding carboxylic acids is 2. The molecule has 3 aromatic rings. The van der Waals surface area contributed by atoms with Gasteiger partial charge in [0.1, 0.15) is 23.7 Å². The van der Waals surface area contributed by atoms with Crippen LogP contribution in [0.5, 0.6) is 5.75 Å². The summed E-state index contributed by atoms with van der Waals surface area (Å²) < 4.78 is 20.3. The van der Waals surface area contributed by atoms with E-state index in [4.69, 9.17) is 17.0 Å². The van der Waals surface area contributed by atoms with E-state index in [2.05, 4.69) is 5.32 Å². The van der Waals surface area contributed by atoms with E-state index in [1.54, 1.807) is 30.3 Å². The van der Waals surface area contributed by atoms with Gasteiger partial charge in [0.2, 0.25) is 0 Å². The van der Waals surface area contributed by atoms with E-state index in [9.17, 15) is 14.0 Å². The van der Waals surface area contributed by atoms with Gasteiger partial charge < -0.3 is 4.74 Å². The fraction of sp³-hybridized carbons (Fsp3) is 0.0800. The summed E-state index contributed by atoms with van der Waals surface area (Å²) in [7, 11) is 0. The number of ether oxygens (including phenoxy) is 1. The molecule has 1 fully saturated rings. The third-order valence-corrected chi connectivity index (χ3v) is 5.18. The van der Waals surface area contributed by atoms with Crippen molar-refractivity contribution in [3.05, 3.63) is 101 Å². The lowest BCUT2D eigenvalue weighted by Gasteiger charge is -2.29. The lowest BCUT2D eigenvalue weighted by Crippen LogP contribution is -2.54. The monoisotopic (exact) mass is 446 g/mol. The summed E-state index contributed by atoms with van der Waals surface area (Å²) in [4.78, 5) is 26.7. The van der Waals surface area contributed by atoms with Gasteiger partial charge in [-0.05, 0) is 49.0 Å². The summed E-state index contributed by atoms with van der Waals surface area (Å²) >= 11 is 5.13. The molecular formula is C25H19FN2O3S. The topological polar surface area (TPSA) is 58.6 Å². The number of halogens is 1. The highest BCUT2D eigenvalue weighted by atomic mass is 32.1. The largest absolute Gasteiger partial charge is 0.488 e. The second kappa shape index (κ2) is 9.11. The fourth-order valence-corrected chi connectivity index (χ4v) is 3.63. The smallest absolute Gasteiger partial charge is 0.270 e. The Hall–Kier alpha value is -3.84. The average molecular weight is 447 g/mol. The minimum atomic E-state index is -0.711. The number of anilines is 1. The molecule has 1 aliphatic heterocycles. The number of benzene rings is 3. The standard InChI is InChI=1S/C25H19FN2O3S/c1-16-7-6-8-17(13-16)15-31-22-12-5-2-9-18(22)14-19-23(29)27-25(32)28(24(19)30)21-11-4-3-10-20(21)26/h2-14H,15H2,1H3,(H,27,29,32)/b19-14+. The van der Waals surface area contributed by atoms with Gasteiger partial charge in [0.05, 0.1) is 5.69 Å². The van der Waals surface area contributed by atoms with Crippen LogP contribution in [0.15, 0.2) is 78.4 Å². The zero-order chi connectivity index (χ0) is 22.7. The number of hydrogen-bond acceptors (Lipinski definition) is 4. The van der Waals surface area contributed by atoms with Crippen LogP contribution in [0.3, 0.4) is 0 Å². The first-order valence-electron chi connectivity index (χ1n) is 9.87. The molecule has 3 aromatic carbocycles. The molecule has 5 nitrogen and oxygen atoms in total. The maximum absolute atomic E-state index is 14.3. The molecule has 0 saturated carbocycles. The molecule has 0 aromatic heterocycles. The Balaban J connectivity index is 1.65. The summed E-state index contributed by atoms with van der Waals surface area (Å²) in [5.74, 6) is -1.48. The average Bonchev–Trinajstić information content (AvgIpc) is 2.77. The molecule has 0 bridgehead atoms. The highest BCUT2D eigenvalue weighted by Crippen LogP contribution is 2.27. The molecule has 0 unspecified atom stereocenters. The summed E-state index contributed by atoms with van der Waals surface area (Å²) in [6.45, 7) is 2.33. The van der Waals surface area contributed by atoms with Crippen LogP contribution >= 0.6 is 12.2 Å². The Bertz CT molecular complexity index is 1260. The van der Waals surface area contributed by atoms with Gasteiger partial charge in [0.25, 0.3) is 11.8 Å². The van der Waals surface area contributed by atoms with Crippen molar-refractivity contribution in [2.75, 3.05) is 4.90 Å². The maximum Gasteiger partial charge on any atom is 0.270 e. The molecule has 160 valence electrons. The first-order chi connectivity index (χ1) is 15.4. The Kier molecular flexibility index (Phi) is 6.09. The number of aryl methyl sites for hydroxylation is 1. The third kappa shape index (κ3) is 4.43. The normalized spacial score (nSPS) is 15.1. The van der Waals surface area contributed by atoms with Crippen LogP contribution in [0, 0.1) is 12.7 Å². The van der Waals surface area contributed by atoms with Crippen LogP contribution in [0.2, 0.25) is 0 Å². The molecular weight excluding hydrogens is 427 g/mol. The summed E-state index contributed by atoms with van der Waals surface area (Å²) in [5, 5.41) is 2.29. The number of rotatable bonds is 5. The van der Waals surface area contributed by atoms with Crippen molar-refractivity contribution in [2.45, 2.75) is 13.5 Å². The van der Waals surface area contributed by atoms with E-state index in [0.29, 0.717) is 17.9 Å². The molecule has 32 heavy (non-hydrogen) atoms. The third-order valence-electron chi connectivity index (χ3n) is 4.89. The Labute approximate surface area is 190 Å². The molecule has 1 saturated heterocycles. The van der Waals surface area contributed by atoms with Crippen molar-refractivity contribution >= 4 is 40.9 Å². The molecule has 0 atom stereocenters. The van der Waals surface area contributed by atoms with Crippen LogP contribution < -0.4 is 15.0 Å². The minimum Gasteiger partial charge on any atom is -0.488 e. The summed E-state index contributed by atoms with van der Waals surface area (Å²) in [6, 6.07) is 20.7. The lowest BCUT2D eigenvalue weighted by molar-refractivity contribution is -0.122. The molecule has 0 aliphatic carbocycles. The number of nitrogens with zero attached hydrogens (tertiary/aromatic N) is 1. The quantitative estimate of drug-likeness (QED) is 0.355. The van der Waals surface area contributed by atoms with Gasteiger partial charge in [-0.15, -0.1) is 0 Å². The van der Waals surface area contributed by atoms with E-state index in [0.717, 1.165) is 16.0 Å². The van der Waals surface area contributed by atoms with Gasteiger partial charge in [-0.2, -0.15) is 0 Å². The van der Waals surface area contributed by atoms with Crippen LogP contribution in [0.4, 0.5) is 10.1 Å². The first-order valence-corrected chi connectivity index (χ1v) is 10.3. The zero-order valence-corrected chi connectivity index (χ0v) is 18.0. The van der Waals surface area contributed by atoms with E-state index in [-0.39, 0.29) is 16.4 Å². The van der Waals surface area contributed by atoms with Gasteiger partial charge in [-0.25, -0.2) is 9.29 Å². The zero-order valence-electron chi connectivity index (χ0n) is 17.2. The Morgan fingerprint density at radius 2 is 1.78 bits per heavy atom. The van der Waals surface area contributed by atoms with Crippen LogP contribution in [-0.4, -0.2) is 16.9 Å². The molecule has 0 radical (unpaired) electrons. The van der Waals surface area contributed by atoms with Crippen molar-refractivity contribution in [1.82, 2.24) is 5.32 Å². The van der Waals surface area contributed by atoms with Crippen molar-refractivity contribution in [3.63, 3.8) is 0 Å². The maximum atomic E-state index is 14.3. The minimum absolute atomic E-state index is 0.0302. The first kappa shape index (κ1) is 21.4. The second-order valence-corrected chi connectivity index (χ2v) is 7.61. The molecule has 2 amide bonds. The number of amides is 2. The number of para-hydroxylation sites is 2. The highest BCUT2D eigenvalue weighted by molar-refractivity contribution is 7.80. The van der Waals surface area contributed by atoms with Gasteiger partial charge in [0, 0.05) is 5.56 Å². The molecule has 1 heterocycles. The van der Waals surface area contributed by atoms with E-state index in [1.165, 1.54) is 24.3 Å². The summed E-state index contributed by atoms with van der Waals surface area (Å²) in [6.07, 6.45) is 1.43. The van der Waals surface area contributed by atoms with E-state index in [1.807, 2.05) is 31.2 Å². The predicted molar refractivity (Wildman–Crippen MR) is 125 cm³/mol. The van der Waals surface area contributed by atoms with Crippen LogP contribution in [0.25, 0.3) is 6.08 Å². The van der Waals surface area contributed by atoms with E-state index < -0.39 is 17.6 Å². The molecule has 0 spiro atoms. The molecule has 1 N–H and O–H groups in total. The molecule has 7 heteroatoms. The van der Waals surface area contributed by atoms with Gasteiger partial charge in [-0.1, -0.05) is 60.2 Å². The predicted octanol–water partition coefficient (Wildman–Crippen LogP) is 4.54. The van der Waals surface area contributed by atoms with Crippen LogP contribution in [-0.2, 0) is 16.2 Å². The van der Waals surface area contributed by atoms with Crippen LogP contribution in [0.1, 0.15) is 16.7 Å². The van der Waals surface area contributed by atoms with Crippen molar-refractivity contribution < 1.29 is 18.7 Å². The SMILES string of the molecule is Cc1cccc(COc2ccccc2/C=C2\C(=O)NC(=S)N(c3ccccc3F)C2=O)c1. The second-order valence-electron chi connectivity index (χ2n) is 7.22. The van der Waals surface area contributed by atoms with Gasteiger partial charge in [0.15, 0.2) is 5.11 Å². The number of hydrogen-bond donors (Lipinski definition) is 1. The number of nitrogens with one attached hydrogen (secondary N) is 1. The van der Waals surface area contributed by atoms with Crippen molar-refractivity contribution in [3.8, 4) is 5.75 Å². The fourth-order valence-electron chi connectivity index (χ4n) is 3.36. The Morgan fingerprint density at radius 1 is 1.03 bits per heavy atom. The molecule has 1 aliphatic rings. The highest BCUT2D eigenvalue weighted by Gasteiger charge is 2.35. The van der Waals surface area contributed by atoms with Crippen molar-refractivity contribution in [2.24, 2.45) is 0 Å². The number of thiocarbonyl (C=S) groups is 1. The van der Waals surface area contributed by atoms with Gasteiger partial charge >= 0.3 is 0 Å². The number of carbonyl (C=O) groups is 2.